The van der Waals surface area contributed by atoms with Gasteiger partial charge in [-0.25, -0.2) is 19.5 Å². The van der Waals surface area contributed by atoms with Crippen molar-refractivity contribution in [2.75, 3.05) is 43.4 Å². The molecule has 0 radical (unpaired) electrons. The number of likely N-dealkylation sites (N-methyl/N-ethyl adjacent to an activating group) is 1. The van der Waals surface area contributed by atoms with Gasteiger partial charge in [-0.15, -0.1) is 0 Å². The number of hydrogen-bond donors (Lipinski definition) is 2. The van der Waals surface area contributed by atoms with Crippen LogP contribution in [0.2, 0.25) is 0 Å². The van der Waals surface area contributed by atoms with Crippen LogP contribution in [0.15, 0.2) is 6.20 Å². The van der Waals surface area contributed by atoms with Gasteiger partial charge in [-0.05, 0) is 11.8 Å². The van der Waals surface area contributed by atoms with Crippen LogP contribution in [-0.2, 0) is 27.5 Å². The van der Waals surface area contributed by atoms with Crippen LogP contribution in [0, 0.1) is 10.1 Å². The zero-order chi connectivity index (χ0) is 21.9. The van der Waals surface area contributed by atoms with Crippen LogP contribution in [0.4, 0.5) is 10.7 Å². The van der Waals surface area contributed by atoms with Crippen LogP contribution < -0.4 is 10.2 Å². The second-order valence-electron chi connectivity index (χ2n) is 5.58. The highest BCUT2D eigenvalue weighted by molar-refractivity contribution is 9.09. The number of rotatable bonds is 14. The summed E-state index contributed by atoms with van der Waals surface area (Å²) in [4.78, 5) is 27.5. The molecule has 29 heavy (non-hydrogen) atoms. The molecule has 0 unspecified atom stereocenters. The fourth-order valence-corrected chi connectivity index (χ4v) is 4.60. The summed E-state index contributed by atoms with van der Waals surface area (Å²) >= 11 is 6.51. The minimum Gasteiger partial charge on any atom is -0.441 e. The first-order valence-electron chi connectivity index (χ1n) is 8.71. The molecule has 15 heteroatoms. The lowest BCUT2D eigenvalue weighted by atomic mass is 10.5. The van der Waals surface area contributed by atoms with Gasteiger partial charge in [0.05, 0.1) is 13.7 Å². The third-order valence-corrected chi connectivity index (χ3v) is 6.29. The molecule has 2 N–H and O–H groups in total. The molecule has 0 aliphatic carbocycles. The molecule has 0 aliphatic heterocycles. The number of ether oxygens (including phenoxy) is 1. The van der Waals surface area contributed by atoms with Crippen molar-refractivity contribution in [3.8, 4) is 0 Å². The molecule has 1 aromatic rings. The second-order valence-corrected chi connectivity index (χ2v) is 9.16. The lowest BCUT2D eigenvalue weighted by Crippen LogP contribution is -2.35. The summed E-state index contributed by atoms with van der Waals surface area (Å²) < 4.78 is 24.6. The van der Waals surface area contributed by atoms with Crippen molar-refractivity contribution in [3.05, 3.63) is 22.0 Å². The summed E-state index contributed by atoms with van der Waals surface area (Å²) in [7, 11) is -1.77. The average molecular weight is 564 g/mol. The first-order valence-corrected chi connectivity index (χ1v) is 12.6. The molecule has 0 fully saturated rings. The first-order chi connectivity index (χ1) is 13.8. The van der Waals surface area contributed by atoms with Crippen molar-refractivity contribution in [2.24, 2.45) is 7.05 Å². The normalized spacial score (nSPS) is 11.4. The van der Waals surface area contributed by atoms with Gasteiger partial charge in [-0.2, -0.15) is 0 Å². The van der Waals surface area contributed by atoms with Crippen molar-refractivity contribution in [1.29, 1.82) is 0 Å². The van der Waals surface area contributed by atoms with Gasteiger partial charge in [0.25, 0.3) is 0 Å². The van der Waals surface area contributed by atoms with Gasteiger partial charge in [-0.3, -0.25) is 4.57 Å². The fraction of sp³-hybridized carbons (Fsp3) is 0.714. The number of alkyl halides is 2. The van der Waals surface area contributed by atoms with Gasteiger partial charge < -0.3 is 24.3 Å². The number of imidazole rings is 1. The Balaban J connectivity index is 2.55. The molecule has 12 nitrogen and oxygen atoms in total. The summed E-state index contributed by atoms with van der Waals surface area (Å²) in [6.45, 7) is 3.04. The molecule has 1 aromatic heterocycles. The van der Waals surface area contributed by atoms with Gasteiger partial charge in [0, 0.05) is 36.8 Å². The topological polar surface area (TPSA) is 141 Å². The van der Waals surface area contributed by atoms with E-state index in [2.05, 4.69) is 47.0 Å². The first kappa shape index (κ1) is 26.0. The number of carbonyl (C=O) groups excluding carboxylic acids is 1. The fourth-order valence-electron chi connectivity index (χ4n) is 2.15. The van der Waals surface area contributed by atoms with Crippen LogP contribution in [0.25, 0.3) is 0 Å². The number of amides is 1. The zero-order valence-electron chi connectivity index (χ0n) is 16.2. The third-order valence-electron chi connectivity index (χ3n) is 3.67. The van der Waals surface area contributed by atoms with Crippen molar-refractivity contribution in [3.63, 3.8) is 0 Å². The van der Waals surface area contributed by atoms with Crippen LogP contribution in [0.5, 0.6) is 0 Å². The number of carbonyl (C=O) groups is 1. The maximum atomic E-state index is 12.7. The largest absolute Gasteiger partial charge is 0.441 e. The van der Waals surface area contributed by atoms with E-state index < -0.39 is 18.7 Å². The standard InChI is InChI=1S/C14H25Br2N6O6P/c1-3-21(8-9-28-29(26,18-6-4-15)19-7-5-16)14(23)27-11-12-10-17-13(20(12)2)22(24)25/h10H,3-9,11H2,1-2H3,(H2,18,19,26). The molecular weight excluding hydrogens is 539 g/mol. The minimum atomic E-state index is -3.24. The van der Waals surface area contributed by atoms with E-state index in [4.69, 9.17) is 9.26 Å². The Labute approximate surface area is 185 Å². The molecular formula is C14H25Br2N6O6P. The number of aromatic nitrogens is 2. The molecule has 0 spiro atoms. The molecule has 1 rings (SSSR count). The predicted octanol–water partition coefficient (Wildman–Crippen LogP) is 2.38. The van der Waals surface area contributed by atoms with E-state index in [1.807, 2.05) is 0 Å². The maximum Gasteiger partial charge on any atom is 0.434 e. The van der Waals surface area contributed by atoms with Crippen LogP contribution in [0.1, 0.15) is 12.6 Å². The van der Waals surface area contributed by atoms with Crippen molar-refractivity contribution < 1.29 is 23.5 Å². The smallest absolute Gasteiger partial charge is 0.434 e. The summed E-state index contributed by atoms with van der Waals surface area (Å²) in [6, 6.07) is 0. The summed E-state index contributed by atoms with van der Waals surface area (Å²) in [5, 5.41) is 17.7. The van der Waals surface area contributed by atoms with Gasteiger partial charge in [-0.1, -0.05) is 36.8 Å². The van der Waals surface area contributed by atoms with Crippen molar-refractivity contribution in [1.82, 2.24) is 24.6 Å². The maximum absolute atomic E-state index is 12.7. The highest BCUT2D eigenvalue weighted by Gasteiger charge is 2.23. The Morgan fingerprint density at radius 3 is 2.48 bits per heavy atom. The summed E-state index contributed by atoms with van der Waals surface area (Å²) in [6.07, 6.45) is 0.670. The Kier molecular flexibility index (Phi) is 11.9. The van der Waals surface area contributed by atoms with Crippen LogP contribution in [-0.4, -0.2) is 68.9 Å². The lowest BCUT2D eigenvalue weighted by Gasteiger charge is -2.23. The predicted molar refractivity (Wildman–Crippen MR) is 114 cm³/mol. The second kappa shape index (κ2) is 13.3. The molecule has 0 bridgehead atoms. The molecule has 0 saturated carbocycles. The Hall–Kier alpha value is -1.05. The van der Waals surface area contributed by atoms with Crippen molar-refractivity contribution >= 4 is 51.6 Å². The number of nitrogens with one attached hydrogen (secondary N) is 2. The molecule has 1 heterocycles. The highest BCUT2D eigenvalue weighted by Crippen LogP contribution is 2.36. The molecule has 0 saturated heterocycles. The third kappa shape index (κ3) is 8.69. The van der Waals surface area contributed by atoms with Crippen LogP contribution >= 0.6 is 39.5 Å². The molecule has 1 amide bonds. The van der Waals surface area contributed by atoms with E-state index in [0.717, 1.165) is 0 Å². The van der Waals surface area contributed by atoms with E-state index >= 15 is 0 Å². The van der Waals surface area contributed by atoms with Crippen molar-refractivity contribution in [2.45, 2.75) is 13.5 Å². The Bertz CT molecular complexity index is 709. The highest BCUT2D eigenvalue weighted by atomic mass is 79.9. The van der Waals surface area contributed by atoms with Gasteiger partial charge >= 0.3 is 19.7 Å². The van der Waals surface area contributed by atoms with Crippen LogP contribution in [0.3, 0.4) is 0 Å². The van der Waals surface area contributed by atoms with E-state index in [1.165, 1.54) is 22.7 Å². The quantitative estimate of drug-likeness (QED) is 0.151. The summed E-state index contributed by atoms with van der Waals surface area (Å²) in [5.74, 6) is -0.334. The zero-order valence-corrected chi connectivity index (χ0v) is 20.2. The number of nitrogens with zero attached hydrogens (tertiary/aromatic N) is 4. The molecule has 0 atom stereocenters. The van der Waals surface area contributed by atoms with Gasteiger partial charge in [0.15, 0.2) is 12.3 Å². The molecule has 0 aliphatic rings. The lowest BCUT2D eigenvalue weighted by molar-refractivity contribution is -0.396. The monoisotopic (exact) mass is 562 g/mol. The van der Waals surface area contributed by atoms with E-state index in [9.17, 15) is 19.5 Å². The van der Waals surface area contributed by atoms with Gasteiger partial charge in [0.1, 0.15) is 6.20 Å². The Morgan fingerprint density at radius 1 is 1.38 bits per heavy atom. The van der Waals surface area contributed by atoms with E-state index in [1.54, 1.807) is 6.92 Å². The number of nitro groups is 1. The number of halogens is 2. The summed E-state index contributed by atoms with van der Waals surface area (Å²) in [5.41, 5.74) is 0.389. The van der Waals surface area contributed by atoms with Gasteiger partial charge in [0.2, 0.25) is 0 Å². The molecule has 166 valence electrons. The van der Waals surface area contributed by atoms with E-state index in [-0.39, 0.29) is 25.7 Å². The number of hydrogen-bond acceptors (Lipinski definition) is 7. The Morgan fingerprint density at radius 2 is 2.00 bits per heavy atom. The SMILES string of the molecule is CCN(CCOP(=O)(NCCBr)NCCBr)C(=O)OCc1cnc([N+](=O)[O-])n1C. The average Bonchev–Trinajstić information content (AvgIpc) is 3.07. The minimum absolute atomic E-state index is 0.0297. The molecule has 0 aromatic carbocycles. The van der Waals surface area contributed by atoms with E-state index in [0.29, 0.717) is 36.0 Å².